The topological polar surface area (TPSA) is 124 Å². The van der Waals surface area contributed by atoms with Crippen LogP contribution in [0.1, 0.15) is 12.0 Å². The van der Waals surface area contributed by atoms with Crippen LogP contribution in [0.3, 0.4) is 0 Å². The fourth-order valence-corrected chi connectivity index (χ4v) is 4.83. The Bertz CT molecular complexity index is 964. The number of nitrogens with one attached hydrogen (secondary N) is 1. The predicted molar refractivity (Wildman–Crippen MR) is 100 cm³/mol. The predicted octanol–water partition coefficient (Wildman–Crippen LogP) is 1.78. The summed E-state index contributed by atoms with van der Waals surface area (Å²) in [6, 6.07) is 15.5. The van der Waals surface area contributed by atoms with Gasteiger partial charge in [0.1, 0.15) is 5.54 Å². The lowest BCUT2D eigenvalue weighted by molar-refractivity contribution is -0.148. The number of rotatable bonds is 6. The molecule has 0 aromatic heterocycles. The van der Waals surface area contributed by atoms with E-state index in [1.54, 1.807) is 48.5 Å². The number of likely N-dealkylation sites (tertiary alicyclic amines) is 1. The van der Waals surface area contributed by atoms with Crippen molar-refractivity contribution in [2.45, 2.75) is 29.3 Å². The maximum atomic E-state index is 12.6. The zero-order valence-corrected chi connectivity index (χ0v) is 15.7. The van der Waals surface area contributed by atoms with Crippen LogP contribution in [0.5, 0.6) is 0 Å². The van der Waals surface area contributed by atoms with Crippen molar-refractivity contribution in [3.63, 3.8) is 0 Å². The van der Waals surface area contributed by atoms with Crippen LogP contribution >= 0.6 is 0 Å². The van der Waals surface area contributed by atoms with Crippen molar-refractivity contribution in [3.8, 4) is 0 Å². The van der Waals surface area contributed by atoms with Gasteiger partial charge in [0.2, 0.25) is 10.0 Å². The first-order valence-electron chi connectivity index (χ1n) is 8.60. The molecule has 0 bridgehead atoms. The van der Waals surface area contributed by atoms with E-state index in [0.717, 1.165) is 4.90 Å². The first kappa shape index (κ1) is 19.8. The van der Waals surface area contributed by atoms with Gasteiger partial charge < -0.3 is 10.2 Å². The van der Waals surface area contributed by atoms with Crippen molar-refractivity contribution in [1.82, 2.24) is 9.62 Å². The molecule has 3 rings (SSSR count). The number of carboxylic acid groups (broad SMARTS) is 2. The Morgan fingerprint density at radius 2 is 1.61 bits per heavy atom. The van der Waals surface area contributed by atoms with Crippen molar-refractivity contribution in [1.29, 1.82) is 0 Å². The molecule has 0 spiro atoms. The monoisotopic (exact) mass is 404 g/mol. The smallest absolute Gasteiger partial charge is 0.408 e. The van der Waals surface area contributed by atoms with E-state index < -0.39 is 33.7 Å². The number of hydrogen-bond acceptors (Lipinski definition) is 4. The molecule has 0 saturated carbocycles. The molecular weight excluding hydrogens is 384 g/mol. The molecule has 0 radical (unpaired) electrons. The molecule has 148 valence electrons. The van der Waals surface area contributed by atoms with E-state index in [4.69, 9.17) is 0 Å². The van der Waals surface area contributed by atoms with Crippen molar-refractivity contribution in [2.24, 2.45) is 0 Å². The summed E-state index contributed by atoms with van der Waals surface area (Å²) in [7, 11) is -3.90. The summed E-state index contributed by atoms with van der Waals surface area (Å²) in [6.45, 7) is -0.249. The van der Waals surface area contributed by atoms with Gasteiger partial charge in [-0.3, -0.25) is 4.90 Å². The van der Waals surface area contributed by atoms with Gasteiger partial charge in [-0.05, 0) is 24.1 Å². The van der Waals surface area contributed by atoms with Crippen LogP contribution < -0.4 is 4.72 Å². The number of carboxylic acids is 1. The first-order valence-corrected chi connectivity index (χ1v) is 10.1. The van der Waals surface area contributed by atoms with E-state index in [1.807, 2.05) is 0 Å². The van der Waals surface area contributed by atoms with Crippen LogP contribution in [-0.4, -0.2) is 53.7 Å². The highest BCUT2D eigenvalue weighted by atomic mass is 32.2. The van der Waals surface area contributed by atoms with E-state index in [2.05, 4.69) is 4.72 Å². The fraction of sp³-hybridized carbons (Fsp3) is 0.263. The Morgan fingerprint density at radius 3 is 2.14 bits per heavy atom. The molecule has 0 aliphatic carbocycles. The van der Waals surface area contributed by atoms with Gasteiger partial charge in [-0.1, -0.05) is 48.5 Å². The molecule has 2 aromatic carbocycles. The highest BCUT2D eigenvalue weighted by Gasteiger charge is 2.54. The molecule has 8 nitrogen and oxygen atoms in total. The molecule has 1 amide bonds. The van der Waals surface area contributed by atoms with Gasteiger partial charge in [0.25, 0.3) is 0 Å². The minimum absolute atomic E-state index is 0.0350. The number of carbonyl (C=O) groups is 2. The molecule has 0 unspecified atom stereocenters. The first-order chi connectivity index (χ1) is 13.2. The van der Waals surface area contributed by atoms with Gasteiger partial charge in [0, 0.05) is 19.0 Å². The summed E-state index contributed by atoms with van der Waals surface area (Å²) in [6.07, 6.45) is -1.63. The zero-order valence-electron chi connectivity index (χ0n) is 14.9. The molecule has 1 heterocycles. The SMILES string of the molecule is O=C(O)N1C[C@H](NS(=O)(=O)c2ccccc2)C[C@@]1(Cc1ccccc1)C(=O)O. The quantitative estimate of drug-likeness (QED) is 0.674. The Labute approximate surface area is 162 Å². The normalized spacial score (nSPS) is 22.1. The molecule has 3 N–H and O–H groups in total. The number of amides is 1. The van der Waals surface area contributed by atoms with E-state index in [0.29, 0.717) is 5.56 Å². The number of benzene rings is 2. The van der Waals surface area contributed by atoms with Gasteiger partial charge in [-0.2, -0.15) is 0 Å². The second kappa shape index (κ2) is 7.61. The number of sulfonamides is 1. The molecular formula is C19H20N2O6S. The lowest BCUT2D eigenvalue weighted by Crippen LogP contribution is -2.54. The largest absolute Gasteiger partial charge is 0.479 e. The Balaban J connectivity index is 1.91. The number of hydrogen-bond donors (Lipinski definition) is 3. The lowest BCUT2D eigenvalue weighted by Gasteiger charge is -2.32. The maximum Gasteiger partial charge on any atom is 0.408 e. The fourth-order valence-electron chi connectivity index (χ4n) is 3.58. The molecule has 28 heavy (non-hydrogen) atoms. The van der Waals surface area contributed by atoms with Crippen LogP contribution in [0.15, 0.2) is 65.6 Å². The zero-order chi connectivity index (χ0) is 20.4. The van der Waals surface area contributed by atoms with Crippen molar-refractivity contribution in [2.75, 3.05) is 6.54 Å². The summed E-state index contributed by atoms with van der Waals surface area (Å²) in [5.74, 6) is -1.31. The molecule has 1 aliphatic rings. The highest BCUT2D eigenvalue weighted by Crippen LogP contribution is 2.34. The van der Waals surface area contributed by atoms with Crippen LogP contribution in [-0.2, 0) is 21.2 Å². The summed E-state index contributed by atoms with van der Waals surface area (Å²) in [4.78, 5) is 24.8. The third kappa shape index (κ3) is 3.85. The third-order valence-electron chi connectivity index (χ3n) is 4.85. The van der Waals surface area contributed by atoms with Crippen LogP contribution in [0.2, 0.25) is 0 Å². The second-order valence-corrected chi connectivity index (χ2v) is 8.44. The van der Waals surface area contributed by atoms with Gasteiger partial charge in [0.15, 0.2) is 0 Å². The highest BCUT2D eigenvalue weighted by molar-refractivity contribution is 7.89. The molecule has 9 heteroatoms. The third-order valence-corrected chi connectivity index (χ3v) is 6.38. The van der Waals surface area contributed by atoms with E-state index >= 15 is 0 Å². The minimum Gasteiger partial charge on any atom is -0.479 e. The Morgan fingerprint density at radius 1 is 1.04 bits per heavy atom. The van der Waals surface area contributed by atoms with Crippen LogP contribution in [0, 0.1) is 0 Å². The number of aliphatic carboxylic acids is 1. The maximum absolute atomic E-state index is 12.6. The van der Waals surface area contributed by atoms with Crippen LogP contribution in [0.25, 0.3) is 0 Å². The van der Waals surface area contributed by atoms with E-state index in [-0.39, 0.29) is 24.3 Å². The number of nitrogens with zero attached hydrogens (tertiary/aromatic N) is 1. The second-order valence-electron chi connectivity index (χ2n) is 6.73. The van der Waals surface area contributed by atoms with Crippen LogP contribution in [0.4, 0.5) is 4.79 Å². The molecule has 2 aromatic rings. The average Bonchev–Trinajstić information content (AvgIpc) is 3.02. The average molecular weight is 404 g/mol. The summed E-state index contributed by atoms with van der Waals surface area (Å²) in [5, 5.41) is 19.5. The van der Waals surface area contributed by atoms with E-state index in [9.17, 15) is 28.2 Å². The molecule has 1 fully saturated rings. The Kier molecular flexibility index (Phi) is 5.39. The lowest BCUT2D eigenvalue weighted by atomic mass is 9.87. The van der Waals surface area contributed by atoms with Gasteiger partial charge in [0.05, 0.1) is 4.90 Å². The molecule has 1 aliphatic heterocycles. The van der Waals surface area contributed by atoms with E-state index in [1.165, 1.54) is 12.1 Å². The van der Waals surface area contributed by atoms with Crippen molar-refractivity contribution in [3.05, 3.63) is 66.2 Å². The minimum atomic E-state index is -3.90. The molecule has 2 atom stereocenters. The summed E-state index contributed by atoms with van der Waals surface area (Å²) < 4.78 is 27.6. The summed E-state index contributed by atoms with van der Waals surface area (Å²) >= 11 is 0. The standard InChI is InChI=1S/C19H20N2O6S/c22-17(23)19(11-14-7-3-1-4-8-14)12-15(13-21(19)18(24)25)20-28(26,27)16-9-5-2-6-10-16/h1-10,15,20H,11-13H2,(H,22,23)(H,24,25)/t15-,19+/m1/s1. The van der Waals surface area contributed by atoms with Crippen molar-refractivity contribution < 1.29 is 28.2 Å². The Hall–Kier alpha value is -2.91. The van der Waals surface area contributed by atoms with Crippen molar-refractivity contribution >= 4 is 22.1 Å². The van der Waals surface area contributed by atoms with Gasteiger partial charge in [-0.15, -0.1) is 0 Å². The molecule has 1 saturated heterocycles. The summed E-state index contributed by atoms with van der Waals surface area (Å²) in [5.41, 5.74) is -1.10. The van der Waals surface area contributed by atoms with Gasteiger partial charge in [-0.25, -0.2) is 22.7 Å². The van der Waals surface area contributed by atoms with Gasteiger partial charge >= 0.3 is 12.1 Å².